The molecule has 0 aliphatic heterocycles. The molecule has 13 nitrogen and oxygen atoms in total. The molecule has 0 aliphatic rings. The first-order chi connectivity index (χ1) is 38.1. The van der Waals surface area contributed by atoms with Crippen LogP contribution in [0.5, 0.6) is 0 Å². The molecule has 0 amide bonds. The fourth-order valence-corrected chi connectivity index (χ4v) is 7.39. The molecular formula is C65H113N3O10Y-2. The van der Waals surface area contributed by atoms with E-state index in [1.54, 1.807) is 0 Å². The number of nitrogens with one attached hydrogen (secondary N) is 1. The van der Waals surface area contributed by atoms with Crippen molar-refractivity contribution in [3.05, 3.63) is 11.1 Å². The number of unbranched alkanes of at least 4 members (excludes halogenated alkanes) is 13. The second-order valence-corrected chi connectivity index (χ2v) is 20.0. The minimum Gasteiger partial charge on any atom is -0.677 e. The van der Waals surface area contributed by atoms with Crippen molar-refractivity contribution in [1.82, 2.24) is 4.90 Å². The second-order valence-electron chi connectivity index (χ2n) is 20.0. The third-order valence-corrected chi connectivity index (χ3v) is 12.0. The molecule has 14 heteroatoms. The largest absolute Gasteiger partial charge is 0.677 e. The molecule has 0 aromatic carbocycles. The summed E-state index contributed by atoms with van der Waals surface area (Å²) >= 11 is 0. The summed E-state index contributed by atoms with van der Waals surface area (Å²) in [7, 11) is 4.04. The molecule has 0 aliphatic carbocycles. The van der Waals surface area contributed by atoms with E-state index in [9.17, 15) is 14.4 Å². The van der Waals surface area contributed by atoms with Crippen LogP contribution in [0.25, 0.3) is 11.1 Å². The van der Waals surface area contributed by atoms with Gasteiger partial charge in [-0.3, -0.25) is 14.4 Å². The summed E-state index contributed by atoms with van der Waals surface area (Å²) in [5.74, 6) is 24.8. The molecule has 0 saturated heterocycles. The van der Waals surface area contributed by atoms with Crippen LogP contribution in [0.2, 0.25) is 0 Å². The molecule has 1 atom stereocenters. The number of hydrogen-bond donors (Lipinski definition) is 0. The predicted octanol–water partition coefficient (Wildman–Crippen LogP) is 15.0. The van der Waals surface area contributed by atoms with Crippen LogP contribution in [0.15, 0.2) is 0 Å². The van der Waals surface area contributed by atoms with Crippen molar-refractivity contribution in [3.8, 4) is 47.4 Å². The first-order valence-corrected chi connectivity index (χ1v) is 30.9. The van der Waals surface area contributed by atoms with E-state index in [-0.39, 0.29) is 108 Å². The van der Waals surface area contributed by atoms with E-state index < -0.39 is 6.04 Å². The summed E-state index contributed by atoms with van der Waals surface area (Å²) in [4.78, 5) is 38.9. The zero-order chi connectivity index (χ0) is 57.6. The van der Waals surface area contributed by atoms with Crippen LogP contribution in [0, 0.1) is 47.4 Å². The average molecular weight is 1190 g/mol. The molecule has 79 heavy (non-hydrogen) atoms. The van der Waals surface area contributed by atoms with E-state index in [1.807, 2.05) is 14.1 Å². The Hall–Kier alpha value is -2.53. The van der Waals surface area contributed by atoms with Gasteiger partial charge in [-0.15, -0.1) is 60.5 Å². The van der Waals surface area contributed by atoms with Crippen molar-refractivity contribution in [2.45, 2.75) is 278 Å². The number of ether oxygens (including phenoxy) is 7. The minimum absolute atomic E-state index is 0. The maximum Gasteiger partial charge on any atom is 0.305 e. The molecular weight excluding hydrogens is 1070 g/mol. The van der Waals surface area contributed by atoms with Gasteiger partial charge in [-0.25, -0.2) is 0 Å². The zero-order valence-electron chi connectivity index (χ0n) is 51.6. The summed E-state index contributed by atoms with van der Waals surface area (Å²) in [5, 5.41) is 4.72. The Labute approximate surface area is 509 Å². The van der Waals surface area contributed by atoms with Gasteiger partial charge in [0.05, 0.1) is 39.6 Å². The Kier molecular flexibility index (Phi) is 67.7. The molecule has 0 fully saturated rings. The Morgan fingerprint density at radius 3 is 1.20 bits per heavy atom. The topological polar surface area (TPSA) is 157 Å². The number of rotatable bonds is 49. The van der Waals surface area contributed by atoms with E-state index >= 15 is 0 Å². The maximum absolute atomic E-state index is 12.8. The van der Waals surface area contributed by atoms with E-state index in [2.05, 4.69) is 93.8 Å². The van der Waals surface area contributed by atoms with Crippen LogP contribution >= 0.6 is 0 Å². The van der Waals surface area contributed by atoms with Crippen molar-refractivity contribution >= 4 is 17.9 Å². The molecule has 0 heterocycles. The molecule has 0 saturated carbocycles. The second kappa shape index (κ2) is 66.3. The van der Waals surface area contributed by atoms with Crippen LogP contribution in [0.3, 0.4) is 0 Å². The molecule has 0 rings (SSSR count). The molecule has 0 aromatic rings. The number of nitrogens with zero attached hydrogens (tertiary/aromatic N) is 2. The molecule has 453 valence electrons. The SMILES string of the molecule is CCCCC#CCCOC(CCCCC(=O)OCC(COC(=O)CCCCC(OCCC#CCCCC)OCCC#CCCCC)[N-]CCCN(C)C)OCCC#CCCCC.CCCCCCC(CCC)OC(=O)CC[NH-].[Y]. The first-order valence-electron chi connectivity index (χ1n) is 30.9. The summed E-state index contributed by atoms with van der Waals surface area (Å²) in [5.41, 5.74) is 6.97. The van der Waals surface area contributed by atoms with Gasteiger partial charge in [0.25, 0.3) is 0 Å². The van der Waals surface area contributed by atoms with Gasteiger partial charge in [-0.05, 0) is 104 Å². The third-order valence-electron chi connectivity index (χ3n) is 12.0. The monoisotopic (exact) mass is 1180 g/mol. The van der Waals surface area contributed by atoms with E-state index in [1.165, 1.54) is 19.3 Å². The van der Waals surface area contributed by atoms with Crippen LogP contribution in [-0.4, -0.2) is 121 Å². The van der Waals surface area contributed by atoms with Crippen LogP contribution in [0.4, 0.5) is 0 Å². The van der Waals surface area contributed by atoms with Gasteiger partial charge in [0, 0.05) is 103 Å². The van der Waals surface area contributed by atoms with E-state index in [4.69, 9.17) is 44.2 Å². The van der Waals surface area contributed by atoms with Gasteiger partial charge in [-0.1, -0.05) is 105 Å². The molecule has 0 spiro atoms. The van der Waals surface area contributed by atoms with Crippen LogP contribution in [-0.2, 0) is 80.3 Å². The minimum atomic E-state index is -0.423. The van der Waals surface area contributed by atoms with Crippen LogP contribution in [0.1, 0.15) is 253 Å². The van der Waals surface area contributed by atoms with Crippen molar-refractivity contribution in [2.24, 2.45) is 0 Å². The van der Waals surface area contributed by atoms with Gasteiger partial charge in [0.15, 0.2) is 12.6 Å². The van der Waals surface area contributed by atoms with Gasteiger partial charge in [0.1, 0.15) is 6.10 Å². The summed E-state index contributed by atoms with van der Waals surface area (Å²) in [6, 6.07) is -0.423. The fourth-order valence-electron chi connectivity index (χ4n) is 7.39. The Morgan fingerprint density at radius 2 is 0.835 bits per heavy atom. The van der Waals surface area contributed by atoms with Gasteiger partial charge >= 0.3 is 17.9 Å². The number of hydrogen-bond acceptors (Lipinski definition) is 11. The van der Waals surface area contributed by atoms with Crippen molar-refractivity contribution < 1.29 is 80.3 Å². The first kappa shape index (κ1) is 80.7. The fraction of sp³-hybridized carbons (Fsp3) is 0.831. The Bertz CT molecular complexity index is 1480. The normalized spacial score (nSPS) is 11.0. The van der Waals surface area contributed by atoms with Gasteiger partial charge < -0.3 is 49.1 Å². The predicted molar refractivity (Wildman–Crippen MR) is 320 cm³/mol. The summed E-state index contributed by atoms with van der Waals surface area (Å²) in [6.07, 6.45) is 28.3. The molecule has 1 unspecified atom stereocenters. The summed E-state index contributed by atoms with van der Waals surface area (Å²) < 4.78 is 40.7. The standard InChI is InChI=1S/C52H87N2O8.C13H26NO2.Y/c1-7-11-15-19-23-31-42-57-51(58-43-32-24-20-16-12-8-2)38-29-27-36-49(55)61-46-48(53-40-35-41-54(5)6)47-62-50(56)37-28-30-39-52(59-44-33-25-21-17-13-9-3)60-45-34-26-22-18-14-10-4;1-3-5-6-7-9-12(8-4-2)16-13(15)10-11-14;/h48,51-52H,7-18,27-47H2,1-6H3;12,14H,3-11H2,1-2H3;/q2*-1;. The average Bonchev–Trinajstić information content (AvgIpc) is 3.42. The van der Waals surface area contributed by atoms with Crippen molar-refractivity contribution in [1.29, 1.82) is 0 Å². The van der Waals surface area contributed by atoms with E-state index in [0.717, 1.165) is 129 Å². The van der Waals surface area contributed by atoms with Crippen molar-refractivity contribution in [3.63, 3.8) is 0 Å². The number of carbonyl (C=O) groups is 3. The molecule has 1 radical (unpaired) electrons. The van der Waals surface area contributed by atoms with E-state index in [0.29, 0.717) is 84.3 Å². The third kappa shape index (κ3) is 62.9. The summed E-state index contributed by atoms with van der Waals surface area (Å²) in [6.45, 7) is 16.7. The van der Waals surface area contributed by atoms with Gasteiger partial charge in [0.2, 0.25) is 0 Å². The quantitative estimate of drug-likeness (QED) is 0.0188. The Balaban J connectivity index is -0.00000291. The molecule has 0 aromatic heterocycles. The number of esters is 3. The molecule has 1 N–H and O–H groups in total. The maximum atomic E-state index is 12.8. The number of carbonyl (C=O) groups excluding carboxylic acids is 3. The van der Waals surface area contributed by atoms with Gasteiger partial charge in [-0.2, -0.15) is 0 Å². The van der Waals surface area contributed by atoms with Crippen molar-refractivity contribution in [2.75, 3.05) is 73.4 Å². The Morgan fingerprint density at radius 1 is 0.443 bits per heavy atom. The smallest absolute Gasteiger partial charge is 0.305 e. The molecule has 0 bridgehead atoms. The zero-order valence-corrected chi connectivity index (χ0v) is 54.4. The van der Waals surface area contributed by atoms with Crippen LogP contribution < -0.4 is 0 Å².